The number of aromatic amines is 1. The van der Waals surface area contributed by atoms with Crippen LogP contribution in [0.15, 0.2) is 79.0 Å². The molecular formula is C30H34N4O2. The SMILES string of the molecule is CN(C)c1ccc(C(CNC(=O)c2cccc(CN3CCOCC3)c2)c2c[nH]c3ccccc23)cc1. The van der Waals surface area contributed by atoms with Crippen LogP contribution in [-0.2, 0) is 11.3 Å². The highest BCUT2D eigenvalue weighted by molar-refractivity contribution is 5.94. The van der Waals surface area contributed by atoms with Crippen LogP contribution in [0.2, 0.25) is 0 Å². The summed E-state index contributed by atoms with van der Waals surface area (Å²) >= 11 is 0. The van der Waals surface area contributed by atoms with E-state index >= 15 is 0 Å². The van der Waals surface area contributed by atoms with E-state index < -0.39 is 0 Å². The van der Waals surface area contributed by atoms with Gasteiger partial charge in [-0.15, -0.1) is 0 Å². The first-order valence-corrected chi connectivity index (χ1v) is 12.6. The number of hydrogen-bond donors (Lipinski definition) is 2. The maximum absolute atomic E-state index is 13.2. The van der Waals surface area contributed by atoms with Crippen molar-refractivity contribution in [2.75, 3.05) is 51.8 Å². The highest BCUT2D eigenvalue weighted by atomic mass is 16.5. The van der Waals surface area contributed by atoms with Crippen LogP contribution >= 0.6 is 0 Å². The Morgan fingerprint density at radius 1 is 1.03 bits per heavy atom. The lowest BCUT2D eigenvalue weighted by Gasteiger charge is -2.26. The number of hydrogen-bond acceptors (Lipinski definition) is 4. The fraction of sp³-hybridized carbons (Fsp3) is 0.300. The van der Waals surface area contributed by atoms with Crippen molar-refractivity contribution in [1.82, 2.24) is 15.2 Å². The van der Waals surface area contributed by atoms with Gasteiger partial charge >= 0.3 is 0 Å². The van der Waals surface area contributed by atoms with Crippen LogP contribution < -0.4 is 10.2 Å². The Bertz CT molecular complexity index is 1310. The van der Waals surface area contributed by atoms with Crippen molar-refractivity contribution in [3.8, 4) is 0 Å². The number of morpholine rings is 1. The quantitative estimate of drug-likeness (QED) is 0.385. The van der Waals surface area contributed by atoms with E-state index in [9.17, 15) is 4.79 Å². The molecule has 1 fully saturated rings. The number of carbonyl (C=O) groups excluding carboxylic acids is 1. The van der Waals surface area contributed by atoms with Crippen molar-refractivity contribution in [1.29, 1.82) is 0 Å². The lowest BCUT2D eigenvalue weighted by Crippen LogP contribution is -2.35. The Kier molecular flexibility index (Phi) is 7.35. The normalized spacial score (nSPS) is 15.1. The fourth-order valence-electron chi connectivity index (χ4n) is 4.92. The van der Waals surface area contributed by atoms with E-state index in [-0.39, 0.29) is 11.8 Å². The Morgan fingerprint density at radius 2 is 1.81 bits per heavy atom. The number of nitrogens with one attached hydrogen (secondary N) is 2. The summed E-state index contributed by atoms with van der Waals surface area (Å²) in [6, 6.07) is 24.9. The molecule has 1 aliphatic heterocycles. The first-order valence-electron chi connectivity index (χ1n) is 12.6. The van der Waals surface area contributed by atoms with E-state index in [2.05, 4.69) is 74.8 Å². The largest absolute Gasteiger partial charge is 0.379 e. The van der Waals surface area contributed by atoms with Gasteiger partial charge in [0.2, 0.25) is 0 Å². The number of anilines is 1. The smallest absolute Gasteiger partial charge is 0.251 e. The van der Waals surface area contributed by atoms with Gasteiger partial charge in [-0.1, -0.05) is 42.5 Å². The molecular weight excluding hydrogens is 448 g/mol. The number of carbonyl (C=O) groups is 1. The molecule has 2 N–H and O–H groups in total. The number of fused-ring (bicyclic) bond motifs is 1. The van der Waals surface area contributed by atoms with Gasteiger partial charge in [0.15, 0.2) is 0 Å². The van der Waals surface area contributed by atoms with Crippen molar-refractivity contribution >= 4 is 22.5 Å². The van der Waals surface area contributed by atoms with Crippen molar-refractivity contribution in [2.24, 2.45) is 0 Å². The first kappa shape index (κ1) is 24.1. The van der Waals surface area contributed by atoms with Gasteiger partial charge < -0.3 is 19.9 Å². The molecule has 1 aliphatic rings. The maximum atomic E-state index is 13.2. The van der Waals surface area contributed by atoms with Gasteiger partial charge in [-0.25, -0.2) is 0 Å². The Balaban J connectivity index is 1.36. The van der Waals surface area contributed by atoms with Gasteiger partial charge in [-0.3, -0.25) is 9.69 Å². The molecule has 36 heavy (non-hydrogen) atoms. The zero-order valence-corrected chi connectivity index (χ0v) is 21.0. The third-order valence-electron chi connectivity index (χ3n) is 6.97. The van der Waals surface area contributed by atoms with E-state index in [4.69, 9.17) is 4.74 Å². The molecule has 1 aromatic heterocycles. The highest BCUT2D eigenvalue weighted by Gasteiger charge is 2.20. The predicted octanol–water partition coefficient (Wildman–Crippen LogP) is 4.63. The van der Waals surface area contributed by atoms with E-state index in [1.54, 1.807) is 0 Å². The molecule has 1 atom stereocenters. The third-order valence-corrected chi connectivity index (χ3v) is 6.97. The standard InChI is InChI=1S/C30H34N4O2/c1-33(2)25-12-10-23(11-13-25)27(28-20-31-29-9-4-3-8-26(28)29)19-32-30(35)24-7-5-6-22(18-24)21-34-14-16-36-17-15-34/h3-13,18,20,27,31H,14-17,19,21H2,1-2H3,(H,32,35). The molecule has 0 saturated carbocycles. The second-order valence-corrected chi connectivity index (χ2v) is 9.63. The molecule has 6 nitrogen and oxygen atoms in total. The minimum Gasteiger partial charge on any atom is -0.379 e. The first-order chi connectivity index (χ1) is 17.6. The summed E-state index contributed by atoms with van der Waals surface area (Å²) in [5, 5.41) is 4.40. The van der Waals surface area contributed by atoms with Crippen molar-refractivity contribution in [2.45, 2.75) is 12.5 Å². The monoisotopic (exact) mass is 482 g/mol. The zero-order valence-electron chi connectivity index (χ0n) is 21.0. The molecule has 0 spiro atoms. The second-order valence-electron chi connectivity index (χ2n) is 9.63. The molecule has 1 saturated heterocycles. The number of ether oxygens (including phenoxy) is 1. The number of H-pyrrole nitrogens is 1. The number of amides is 1. The van der Waals surface area contributed by atoms with Crippen LogP contribution in [0.25, 0.3) is 10.9 Å². The predicted molar refractivity (Wildman–Crippen MR) is 146 cm³/mol. The van der Waals surface area contributed by atoms with E-state index in [1.807, 2.05) is 38.4 Å². The van der Waals surface area contributed by atoms with Crippen LogP contribution in [0, 0.1) is 0 Å². The summed E-state index contributed by atoms with van der Waals surface area (Å²) in [4.78, 5) is 21.1. The summed E-state index contributed by atoms with van der Waals surface area (Å²) in [5.41, 5.74) is 6.46. The van der Waals surface area contributed by atoms with Gasteiger partial charge in [0, 0.05) is 74.5 Å². The van der Waals surface area contributed by atoms with Crippen molar-refractivity contribution < 1.29 is 9.53 Å². The van der Waals surface area contributed by atoms with Gasteiger partial charge in [-0.2, -0.15) is 0 Å². The van der Waals surface area contributed by atoms with Crippen LogP contribution in [-0.4, -0.2) is 62.7 Å². The average molecular weight is 483 g/mol. The molecule has 186 valence electrons. The van der Waals surface area contributed by atoms with Gasteiger partial charge in [0.05, 0.1) is 13.2 Å². The van der Waals surface area contributed by atoms with Crippen LogP contribution in [0.3, 0.4) is 0 Å². The number of aromatic nitrogens is 1. The van der Waals surface area contributed by atoms with Gasteiger partial charge in [-0.05, 0) is 47.0 Å². The minimum absolute atomic E-state index is 0.0258. The van der Waals surface area contributed by atoms with Gasteiger partial charge in [0.25, 0.3) is 5.91 Å². The van der Waals surface area contributed by atoms with Crippen LogP contribution in [0.1, 0.15) is 33.0 Å². The number of nitrogens with zero attached hydrogens (tertiary/aromatic N) is 2. The lowest BCUT2D eigenvalue weighted by atomic mass is 9.90. The van der Waals surface area contributed by atoms with Gasteiger partial charge in [0.1, 0.15) is 0 Å². The minimum atomic E-state index is -0.0476. The summed E-state index contributed by atoms with van der Waals surface area (Å²) in [5.74, 6) is -0.0218. The molecule has 5 rings (SSSR count). The number of rotatable bonds is 8. The molecule has 3 aromatic carbocycles. The molecule has 4 aromatic rings. The average Bonchev–Trinajstić information content (AvgIpc) is 3.34. The zero-order chi connectivity index (χ0) is 24.9. The summed E-state index contributed by atoms with van der Waals surface area (Å²) in [7, 11) is 4.08. The van der Waals surface area contributed by atoms with E-state index in [0.29, 0.717) is 12.1 Å². The maximum Gasteiger partial charge on any atom is 0.251 e. The van der Waals surface area contributed by atoms with Crippen LogP contribution in [0.5, 0.6) is 0 Å². The molecule has 0 radical (unpaired) electrons. The number of benzene rings is 3. The van der Waals surface area contributed by atoms with E-state index in [0.717, 1.165) is 49.6 Å². The highest BCUT2D eigenvalue weighted by Crippen LogP contribution is 2.31. The molecule has 6 heteroatoms. The summed E-state index contributed by atoms with van der Waals surface area (Å²) in [6.45, 7) is 4.73. The molecule has 1 unspecified atom stereocenters. The van der Waals surface area contributed by atoms with E-state index in [1.165, 1.54) is 16.5 Å². The summed E-state index contributed by atoms with van der Waals surface area (Å²) < 4.78 is 5.46. The van der Waals surface area contributed by atoms with Crippen molar-refractivity contribution in [3.05, 3.63) is 101 Å². The Labute approximate surface area is 212 Å². The molecule has 0 bridgehead atoms. The molecule has 2 heterocycles. The topological polar surface area (TPSA) is 60.6 Å². The fourth-order valence-corrected chi connectivity index (χ4v) is 4.92. The second kappa shape index (κ2) is 11.0. The molecule has 1 amide bonds. The van der Waals surface area contributed by atoms with Crippen LogP contribution in [0.4, 0.5) is 5.69 Å². The lowest BCUT2D eigenvalue weighted by molar-refractivity contribution is 0.0342. The summed E-state index contributed by atoms with van der Waals surface area (Å²) in [6.07, 6.45) is 2.07. The number of para-hydroxylation sites is 1. The Hall–Kier alpha value is -3.61. The third kappa shape index (κ3) is 5.45. The Morgan fingerprint density at radius 3 is 2.58 bits per heavy atom. The molecule has 0 aliphatic carbocycles. The van der Waals surface area contributed by atoms with Crippen molar-refractivity contribution in [3.63, 3.8) is 0 Å².